The van der Waals surface area contributed by atoms with Crippen LogP contribution in [0.4, 0.5) is 0 Å². The van der Waals surface area contributed by atoms with Crippen LogP contribution in [0.2, 0.25) is 0 Å². The third-order valence-corrected chi connectivity index (χ3v) is 0.0943. The fourth-order valence-corrected chi connectivity index (χ4v) is 0. The Hall–Kier alpha value is 0.775. The summed E-state index contributed by atoms with van der Waals surface area (Å²) in [4.78, 5) is 2.86. The SMILES string of the molecule is O=S(=O)(O)O.OOB(O)O.[NaH]. The first kappa shape index (κ1) is 17.8. The third kappa shape index (κ3) is 108. The molecule has 0 amide bonds. The summed E-state index contributed by atoms with van der Waals surface area (Å²) in [6.07, 6.45) is 0. The quantitative estimate of drug-likeness (QED) is 0.131. The maximum absolute atomic E-state index is 8.74. The van der Waals surface area contributed by atoms with Crippen molar-refractivity contribution in [3.63, 3.8) is 0 Å². The molecule has 0 fully saturated rings. The molecule has 8 nitrogen and oxygen atoms in total. The van der Waals surface area contributed by atoms with Crippen molar-refractivity contribution in [2.45, 2.75) is 0 Å². The van der Waals surface area contributed by atoms with E-state index in [-0.39, 0.29) is 29.6 Å². The average molecular weight is 200 g/mol. The van der Waals surface area contributed by atoms with Crippen molar-refractivity contribution < 1.29 is 37.6 Å². The van der Waals surface area contributed by atoms with Crippen LogP contribution in [0.1, 0.15) is 0 Å². The van der Waals surface area contributed by atoms with Gasteiger partial charge in [-0.15, -0.1) is 0 Å². The van der Waals surface area contributed by atoms with E-state index in [0.29, 0.717) is 0 Å². The molecule has 0 aliphatic rings. The number of hydrogen-bond donors (Lipinski definition) is 5. The van der Waals surface area contributed by atoms with E-state index in [0.717, 1.165) is 0 Å². The minimum atomic E-state index is -4.67. The molecule has 0 spiro atoms. The standard InChI is InChI=1S/BH3O4.Na.H2O4S.H/c2-1(3)5-4;;1-5(2,3)4;/h2-4H;;(H2,1,2,3,4);. The second-order valence-electron chi connectivity index (χ2n) is 0.880. The summed E-state index contributed by atoms with van der Waals surface area (Å²) in [6, 6.07) is 0. The fourth-order valence-electron chi connectivity index (χ4n) is 0. The number of hydrogen-bond acceptors (Lipinski definition) is 6. The fraction of sp³-hybridized carbons (Fsp3) is 0. The zero-order valence-corrected chi connectivity index (χ0v) is 5.26. The first-order valence-corrected chi connectivity index (χ1v) is 3.03. The van der Waals surface area contributed by atoms with Gasteiger partial charge in [-0.25, -0.2) is 4.81 Å². The van der Waals surface area contributed by atoms with Crippen molar-refractivity contribution in [2.75, 3.05) is 0 Å². The molecule has 0 heterocycles. The van der Waals surface area contributed by atoms with Gasteiger partial charge in [-0.05, 0) is 0 Å². The molecular formula is H6BNaO8S. The van der Waals surface area contributed by atoms with Gasteiger partial charge in [0.1, 0.15) is 0 Å². The van der Waals surface area contributed by atoms with Gasteiger partial charge in [0.2, 0.25) is 0 Å². The van der Waals surface area contributed by atoms with Gasteiger partial charge in [0, 0.05) is 0 Å². The van der Waals surface area contributed by atoms with Gasteiger partial charge in [-0.3, -0.25) is 14.4 Å². The Morgan fingerprint density at radius 2 is 1.27 bits per heavy atom. The monoisotopic (exact) mass is 200 g/mol. The molecule has 5 N–H and O–H groups in total. The van der Waals surface area contributed by atoms with Gasteiger partial charge in [-0.2, -0.15) is 8.42 Å². The van der Waals surface area contributed by atoms with Crippen molar-refractivity contribution in [2.24, 2.45) is 0 Å². The van der Waals surface area contributed by atoms with Crippen LogP contribution >= 0.6 is 0 Å². The molecule has 0 aromatic heterocycles. The van der Waals surface area contributed by atoms with E-state index >= 15 is 0 Å². The van der Waals surface area contributed by atoms with E-state index in [1.165, 1.54) is 0 Å². The first-order valence-electron chi connectivity index (χ1n) is 1.63. The first-order chi connectivity index (χ1) is 4.27. The topological polar surface area (TPSA) is 145 Å². The molecule has 0 atom stereocenters. The van der Waals surface area contributed by atoms with E-state index < -0.39 is 17.7 Å². The van der Waals surface area contributed by atoms with Crippen LogP contribution in [0, 0.1) is 0 Å². The second kappa shape index (κ2) is 8.87. The Kier molecular flexibility index (Phi) is 14.3. The van der Waals surface area contributed by atoms with Crippen molar-refractivity contribution in [3.8, 4) is 0 Å². The van der Waals surface area contributed by atoms with Crippen LogP contribution in [0.5, 0.6) is 0 Å². The molecule has 11 heavy (non-hydrogen) atoms. The van der Waals surface area contributed by atoms with Crippen LogP contribution in [0.15, 0.2) is 0 Å². The van der Waals surface area contributed by atoms with E-state index in [2.05, 4.69) is 4.81 Å². The van der Waals surface area contributed by atoms with E-state index in [1.54, 1.807) is 0 Å². The molecule has 0 radical (unpaired) electrons. The summed E-state index contributed by atoms with van der Waals surface area (Å²) in [7, 11) is -6.73. The maximum atomic E-state index is 8.74. The van der Waals surface area contributed by atoms with Crippen LogP contribution in [-0.4, -0.2) is 69.7 Å². The Morgan fingerprint density at radius 1 is 1.18 bits per heavy atom. The van der Waals surface area contributed by atoms with E-state index in [9.17, 15) is 0 Å². The summed E-state index contributed by atoms with van der Waals surface area (Å²) in [5.41, 5.74) is 0. The van der Waals surface area contributed by atoms with Crippen molar-refractivity contribution in [1.29, 1.82) is 0 Å². The van der Waals surface area contributed by atoms with Crippen LogP contribution in [0.25, 0.3) is 0 Å². The molecule has 0 unspecified atom stereocenters. The van der Waals surface area contributed by atoms with Gasteiger partial charge in [-0.1, -0.05) is 0 Å². The zero-order valence-electron chi connectivity index (χ0n) is 4.45. The predicted molar refractivity (Wildman–Crippen MR) is 35.2 cm³/mol. The van der Waals surface area contributed by atoms with Gasteiger partial charge in [0.05, 0.1) is 0 Å². The van der Waals surface area contributed by atoms with Crippen molar-refractivity contribution >= 4 is 47.3 Å². The summed E-state index contributed by atoms with van der Waals surface area (Å²) in [5.74, 6) is 0. The molecule has 64 valence electrons. The number of rotatable bonds is 1. The van der Waals surface area contributed by atoms with Gasteiger partial charge >= 0.3 is 47.3 Å². The molecule has 0 saturated carbocycles. The summed E-state index contributed by atoms with van der Waals surface area (Å²) in [6.45, 7) is 0. The van der Waals surface area contributed by atoms with Crippen molar-refractivity contribution in [3.05, 3.63) is 0 Å². The molecule has 0 aromatic carbocycles. The van der Waals surface area contributed by atoms with Crippen LogP contribution in [-0.2, 0) is 15.2 Å². The van der Waals surface area contributed by atoms with Crippen LogP contribution < -0.4 is 0 Å². The third-order valence-electron chi connectivity index (χ3n) is 0.0943. The Morgan fingerprint density at radius 3 is 1.27 bits per heavy atom. The van der Waals surface area contributed by atoms with Gasteiger partial charge < -0.3 is 10.0 Å². The molecule has 0 aliphatic heterocycles. The molecule has 0 saturated heterocycles. The van der Waals surface area contributed by atoms with Crippen molar-refractivity contribution in [1.82, 2.24) is 0 Å². The second-order valence-corrected chi connectivity index (χ2v) is 1.78. The Balaban J connectivity index is -0.000000107. The molecule has 0 aromatic rings. The van der Waals surface area contributed by atoms with E-state index in [4.69, 9.17) is 32.8 Å². The van der Waals surface area contributed by atoms with E-state index in [1.807, 2.05) is 0 Å². The molecule has 0 rings (SSSR count). The normalized spacial score (nSPS) is 8.82. The Bertz CT molecular complexity index is 139. The summed E-state index contributed by atoms with van der Waals surface area (Å²) >= 11 is 0. The molecule has 0 aliphatic carbocycles. The van der Waals surface area contributed by atoms with Crippen LogP contribution in [0.3, 0.4) is 0 Å². The van der Waals surface area contributed by atoms with Gasteiger partial charge in [0.15, 0.2) is 0 Å². The molecular weight excluding hydrogens is 194 g/mol. The van der Waals surface area contributed by atoms with Gasteiger partial charge in [0.25, 0.3) is 0 Å². The molecule has 0 bridgehead atoms. The molecule has 11 heteroatoms. The zero-order chi connectivity index (χ0) is 8.78. The summed E-state index contributed by atoms with van der Waals surface area (Å²) < 4.78 is 31.6. The average Bonchev–Trinajstić information content (AvgIpc) is 1.61. The Labute approximate surface area is 84.8 Å². The predicted octanol–water partition coefficient (Wildman–Crippen LogP) is -2.86. The summed E-state index contributed by atoms with van der Waals surface area (Å²) in [5, 5.41) is 22.0. The minimum absolute atomic E-state index is 0.